The molecule has 0 aromatic heterocycles. The summed E-state index contributed by atoms with van der Waals surface area (Å²) in [5.41, 5.74) is 7.19. The van der Waals surface area contributed by atoms with E-state index < -0.39 is 0 Å². The van der Waals surface area contributed by atoms with Gasteiger partial charge in [0.05, 0.1) is 6.04 Å². The molecule has 3 aromatic rings. The second kappa shape index (κ2) is 8.18. The minimum Gasteiger partial charge on any atom is -0.448 e. The van der Waals surface area contributed by atoms with Crippen LogP contribution in [0.5, 0.6) is 0 Å². The number of hydrogen-bond acceptors (Lipinski definition) is 2. The maximum Gasteiger partial charge on any atom is 0.410 e. The van der Waals surface area contributed by atoms with Crippen LogP contribution in [0, 0.1) is 5.82 Å². The summed E-state index contributed by atoms with van der Waals surface area (Å²) < 4.78 is 19.5. The summed E-state index contributed by atoms with van der Waals surface area (Å²) >= 11 is 0. The maximum atomic E-state index is 13.6. The second-order valence-corrected chi connectivity index (χ2v) is 9.35. The molecule has 0 spiro atoms. The van der Waals surface area contributed by atoms with Crippen LogP contribution in [0.1, 0.15) is 41.9 Å². The van der Waals surface area contributed by atoms with Crippen LogP contribution in [-0.2, 0) is 11.2 Å². The molecule has 166 valence electrons. The Morgan fingerprint density at radius 2 is 1.67 bits per heavy atom. The molecule has 2 atom stereocenters. The van der Waals surface area contributed by atoms with Gasteiger partial charge in [-0.05, 0) is 65.6 Å². The molecule has 3 aliphatic rings. The molecule has 1 amide bonds. The number of fused-ring (bicyclic) bond motifs is 5. The predicted molar refractivity (Wildman–Crippen MR) is 127 cm³/mol. The Morgan fingerprint density at radius 3 is 2.36 bits per heavy atom. The summed E-state index contributed by atoms with van der Waals surface area (Å²) in [6.45, 7) is 0.350. The average Bonchev–Trinajstić information content (AvgIpc) is 3.29. The quantitative estimate of drug-likeness (QED) is 0.436. The Hall–Kier alpha value is -3.40. The van der Waals surface area contributed by atoms with Gasteiger partial charge in [-0.1, -0.05) is 72.3 Å². The molecular weight excluding hydrogens is 413 g/mol. The highest BCUT2D eigenvalue weighted by atomic mass is 19.1. The first-order valence-corrected chi connectivity index (χ1v) is 11.7. The van der Waals surface area contributed by atoms with Gasteiger partial charge in [0.2, 0.25) is 0 Å². The fourth-order valence-corrected chi connectivity index (χ4v) is 5.91. The number of amides is 1. The summed E-state index contributed by atoms with van der Waals surface area (Å²) in [5, 5.41) is 0. The lowest BCUT2D eigenvalue weighted by Gasteiger charge is -2.33. The summed E-state index contributed by atoms with van der Waals surface area (Å²) in [5.74, 6) is -0.130. The maximum absolute atomic E-state index is 13.6. The van der Waals surface area contributed by atoms with Crippen LogP contribution in [0.2, 0.25) is 0 Å². The van der Waals surface area contributed by atoms with E-state index in [0.29, 0.717) is 6.61 Å². The van der Waals surface area contributed by atoms with Gasteiger partial charge in [-0.15, -0.1) is 0 Å². The number of carbonyl (C=O) groups is 1. The third-order valence-electron chi connectivity index (χ3n) is 7.34. The van der Waals surface area contributed by atoms with Crippen LogP contribution in [0.25, 0.3) is 11.1 Å². The largest absolute Gasteiger partial charge is 0.448 e. The zero-order valence-electron chi connectivity index (χ0n) is 18.4. The molecule has 0 saturated carbocycles. The molecular formula is C29H26FNO2. The van der Waals surface area contributed by atoms with E-state index in [1.807, 2.05) is 11.0 Å². The Labute approximate surface area is 193 Å². The van der Waals surface area contributed by atoms with Gasteiger partial charge in [0.15, 0.2) is 0 Å². The SMILES string of the molecule is O=C(OCC1c2ccccc2-c2ccccc21)N1C2C=C(Cc3cccc(F)c3)CC1CC2. The Kier molecular flexibility index (Phi) is 5.01. The molecule has 4 heteroatoms. The summed E-state index contributed by atoms with van der Waals surface area (Å²) in [7, 11) is 0. The van der Waals surface area contributed by atoms with Gasteiger partial charge < -0.3 is 4.74 Å². The number of halogens is 1. The summed E-state index contributed by atoms with van der Waals surface area (Å²) in [6.07, 6.45) is 5.50. The van der Waals surface area contributed by atoms with Crippen LogP contribution >= 0.6 is 0 Å². The Bertz CT molecular complexity index is 1200. The van der Waals surface area contributed by atoms with Crippen LogP contribution < -0.4 is 0 Å². The van der Waals surface area contributed by atoms with Crippen LogP contribution in [0.3, 0.4) is 0 Å². The van der Waals surface area contributed by atoms with Crippen LogP contribution in [-0.4, -0.2) is 29.7 Å². The van der Waals surface area contributed by atoms with Gasteiger partial charge in [0.1, 0.15) is 12.4 Å². The molecule has 6 rings (SSSR count). The molecule has 1 fully saturated rings. The van der Waals surface area contributed by atoms with Gasteiger partial charge >= 0.3 is 6.09 Å². The smallest absolute Gasteiger partial charge is 0.410 e. The number of hydrogen-bond donors (Lipinski definition) is 0. The first kappa shape index (κ1) is 20.2. The van der Waals surface area contributed by atoms with Crippen molar-refractivity contribution in [3.8, 4) is 11.1 Å². The lowest BCUT2D eigenvalue weighted by Crippen LogP contribution is -2.44. The zero-order valence-corrected chi connectivity index (χ0v) is 18.4. The summed E-state index contributed by atoms with van der Waals surface area (Å²) in [6, 6.07) is 23.8. The highest BCUT2D eigenvalue weighted by Gasteiger charge is 2.41. The Balaban J connectivity index is 1.16. The van der Waals surface area contributed by atoms with Gasteiger partial charge in [-0.25, -0.2) is 9.18 Å². The molecule has 0 radical (unpaired) electrons. The lowest BCUT2D eigenvalue weighted by atomic mass is 9.95. The van der Waals surface area contributed by atoms with Gasteiger partial charge in [0.25, 0.3) is 0 Å². The Morgan fingerprint density at radius 1 is 0.939 bits per heavy atom. The molecule has 1 aliphatic carbocycles. The van der Waals surface area contributed by atoms with Crippen molar-refractivity contribution in [3.63, 3.8) is 0 Å². The number of benzene rings is 3. The molecule has 2 heterocycles. The van der Waals surface area contributed by atoms with E-state index in [1.54, 1.807) is 12.1 Å². The fraction of sp³-hybridized carbons (Fsp3) is 0.276. The third-order valence-corrected chi connectivity index (χ3v) is 7.34. The minimum absolute atomic E-state index is 0.0721. The first-order valence-electron chi connectivity index (χ1n) is 11.7. The molecule has 2 bridgehead atoms. The van der Waals surface area contributed by atoms with Crippen molar-refractivity contribution >= 4 is 6.09 Å². The molecule has 3 aromatic carbocycles. The topological polar surface area (TPSA) is 29.5 Å². The highest BCUT2D eigenvalue weighted by molar-refractivity contribution is 5.79. The average molecular weight is 440 g/mol. The number of nitrogens with zero attached hydrogens (tertiary/aromatic N) is 1. The third kappa shape index (κ3) is 3.64. The molecule has 2 unspecified atom stereocenters. The van der Waals surface area contributed by atoms with Crippen molar-refractivity contribution < 1.29 is 13.9 Å². The van der Waals surface area contributed by atoms with E-state index in [9.17, 15) is 9.18 Å². The van der Waals surface area contributed by atoms with Crippen molar-refractivity contribution in [1.82, 2.24) is 4.90 Å². The monoisotopic (exact) mass is 439 g/mol. The molecule has 3 nitrogen and oxygen atoms in total. The highest BCUT2D eigenvalue weighted by Crippen LogP contribution is 2.45. The van der Waals surface area contributed by atoms with E-state index in [0.717, 1.165) is 31.2 Å². The van der Waals surface area contributed by atoms with Crippen molar-refractivity contribution in [2.45, 2.75) is 43.7 Å². The summed E-state index contributed by atoms with van der Waals surface area (Å²) in [4.78, 5) is 15.1. The van der Waals surface area contributed by atoms with Crippen LogP contribution in [0.15, 0.2) is 84.4 Å². The molecule has 2 aliphatic heterocycles. The fourth-order valence-electron chi connectivity index (χ4n) is 5.91. The second-order valence-electron chi connectivity index (χ2n) is 9.35. The van der Waals surface area contributed by atoms with Crippen molar-refractivity contribution in [2.75, 3.05) is 6.61 Å². The van der Waals surface area contributed by atoms with Crippen LogP contribution in [0.4, 0.5) is 9.18 Å². The molecule has 33 heavy (non-hydrogen) atoms. The van der Waals surface area contributed by atoms with Crippen molar-refractivity contribution in [1.29, 1.82) is 0 Å². The first-order chi connectivity index (χ1) is 16.2. The minimum atomic E-state index is -0.217. The predicted octanol–water partition coefficient (Wildman–Crippen LogP) is 6.48. The standard InChI is InChI=1S/C29H26FNO2/c30-21-7-5-6-19(15-21)14-20-16-22-12-13-23(17-20)31(22)29(32)33-18-28-26-10-3-1-8-24(26)25-9-2-4-11-27(25)28/h1-11,15-16,22-23,28H,12-14,17-18H2. The van der Waals surface area contributed by atoms with Crippen molar-refractivity contribution in [3.05, 3.63) is 107 Å². The van der Waals surface area contributed by atoms with E-state index in [1.165, 1.54) is 33.9 Å². The number of carbonyl (C=O) groups excluding carboxylic acids is 1. The van der Waals surface area contributed by atoms with Gasteiger partial charge in [-0.3, -0.25) is 4.90 Å². The van der Waals surface area contributed by atoms with E-state index in [4.69, 9.17) is 4.74 Å². The zero-order chi connectivity index (χ0) is 22.4. The molecule has 0 N–H and O–H groups in total. The number of ether oxygens (including phenoxy) is 1. The van der Waals surface area contributed by atoms with E-state index in [-0.39, 0.29) is 29.9 Å². The van der Waals surface area contributed by atoms with E-state index in [2.05, 4.69) is 54.6 Å². The molecule has 1 saturated heterocycles. The van der Waals surface area contributed by atoms with Gasteiger partial charge in [0, 0.05) is 12.0 Å². The van der Waals surface area contributed by atoms with Gasteiger partial charge in [-0.2, -0.15) is 0 Å². The normalized spacial score (nSPS) is 20.9. The number of rotatable bonds is 4. The lowest BCUT2D eigenvalue weighted by molar-refractivity contribution is 0.0849. The van der Waals surface area contributed by atoms with E-state index >= 15 is 0 Å². The van der Waals surface area contributed by atoms with Crippen molar-refractivity contribution in [2.24, 2.45) is 0 Å².